The second-order valence-electron chi connectivity index (χ2n) is 6.78. The number of rotatable bonds is 5. The van der Waals surface area contributed by atoms with E-state index in [2.05, 4.69) is 12.2 Å². The van der Waals surface area contributed by atoms with Crippen LogP contribution in [0.1, 0.15) is 30.9 Å². The Morgan fingerprint density at radius 1 is 1.29 bits per heavy atom. The molecular formula is C18H28N3O2Y+. The molecule has 1 aromatic rings. The molecule has 0 aromatic heterocycles. The van der Waals surface area contributed by atoms with Crippen LogP contribution < -0.4 is 11.1 Å². The number of quaternary nitrogens is 1. The van der Waals surface area contributed by atoms with Crippen LogP contribution in [0.15, 0.2) is 18.2 Å². The van der Waals surface area contributed by atoms with Crippen molar-refractivity contribution in [2.24, 2.45) is 11.7 Å². The van der Waals surface area contributed by atoms with Gasteiger partial charge >= 0.3 is 0 Å². The maximum atomic E-state index is 12.6. The maximum Gasteiger partial charge on any atom is 0.279 e. The van der Waals surface area contributed by atoms with Crippen molar-refractivity contribution in [2.45, 2.75) is 33.6 Å². The number of primary amides is 1. The third-order valence-corrected chi connectivity index (χ3v) is 5.09. The van der Waals surface area contributed by atoms with Crippen molar-refractivity contribution in [3.05, 3.63) is 29.3 Å². The number of anilines is 1. The smallest absolute Gasteiger partial charge is 0.279 e. The van der Waals surface area contributed by atoms with Gasteiger partial charge in [-0.1, -0.05) is 18.2 Å². The van der Waals surface area contributed by atoms with Gasteiger partial charge < -0.3 is 15.5 Å². The molecule has 6 heteroatoms. The molecule has 5 nitrogen and oxygen atoms in total. The van der Waals surface area contributed by atoms with Gasteiger partial charge in [0.15, 0.2) is 6.54 Å². The molecule has 2 unspecified atom stereocenters. The molecule has 2 atom stereocenters. The molecule has 1 heterocycles. The molecule has 2 rings (SSSR count). The van der Waals surface area contributed by atoms with Crippen LogP contribution in [-0.4, -0.2) is 42.5 Å². The van der Waals surface area contributed by atoms with E-state index < -0.39 is 0 Å². The zero-order valence-corrected chi connectivity index (χ0v) is 17.8. The number of amides is 2. The number of nitrogens with one attached hydrogen (secondary N) is 1. The van der Waals surface area contributed by atoms with E-state index in [-0.39, 0.29) is 50.4 Å². The summed E-state index contributed by atoms with van der Waals surface area (Å²) in [6.45, 7) is 8.91. The van der Waals surface area contributed by atoms with Crippen molar-refractivity contribution in [2.75, 3.05) is 31.5 Å². The number of hydrogen-bond acceptors (Lipinski definition) is 2. The SMILES string of the molecule is CC[N+]1(CC(=O)Nc2c(C)cccc2C)CCCC(C(N)=O)C1.[Y]. The molecular weight excluding hydrogens is 379 g/mol. The third-order valence-electron chi connectivity index (χ3n) is 5.09. The van der Waals surface area contributed by atoms with Crippen molar-refractivity contribution in [1.29, 1.82) is 0 Å². The topological polar surface area (TPSA) is 72.2 Å². The molecule has 1 aliphatic heterocycles. The number of carbonyl (C=O) groups excluding carboxylic acids is 2. The van der Waals surface area contributed by atoms with Crippen molar-refractivity contribution in [3.8, 4) is 0 Å². The fraction of sp³-hybridized carbons (Fsp3) is 0.556. The number of piperidine rings is 1. The first-order chi connectivity index (χ1) is 10.9. The average molecular weight is 407 g/mol. The minimum Gasteiger partial charge on any atom is -0.369 e. The summed E-state index contributed by atoms with van der Waals surface area (Å²) in [6.07, 6.45) is 1.78. The first-order valence-electron chi connectivity index (χ1n) is 8.37. The Labute approximate surface area is 169 Å². The number of carbonyl (C=O) groups is 2. The van der Waals surface area contributed by atoms with E-state index in [1.54, 1.807) is 0 Å². The van der Waals surface area contributed by atoms with E-state index in [4.69, 9.17) is 5.73 Å². The van der Waals surface area contributed by atoms with Crippen molar-refractivity contribution in [1.82, 2.24) is 0 Å². The monoisotopic (exact) mass is 407 g/mol. The van der Waals surface area contributed by atoms with E-state index >= 15 is 0 Å². The number of likely N-dealkylation sites (tertiary alicyclic amines) is 1. The number of nitrogens with zero attached hydrogens (tertiary/aromatic N) is 1. The summed E-state index contributed by atoms with van der Waals surface area (Å²) < 4.78 is 0.643. The molecule has 1 saturated heterocycles. The van der Waals surface area contributed by atoms with Crippen LogP contribution in [0.3, 0.4) is 0 Å². The van der Waals surface area contributed by atoms with Crippen molar-refractivity contribution >= 4 is 17.5 Å². The Hall–Kier alpha value is -0.776. The Kier molecular flexibility index (Phi) is 8.04. The molecule has 1 aliphatic rings. The Morgan fingerprint density at radius 2 is 1.92 bits per heavy atom. The summed E-state index contributed by atoms with van der Waals surface area (Å²) in [4.78, 5) is 24.1. The van der Waals surface area contributed by atoms with Gasteiger partial charge in [0, 0.05) is 38.4 Å². The summed E-state index contributed by atoms with van der Waals surface area (Å²) in [5.74, 6) is -0.345. The standard InChI is InChI=1S/C18H27N3O2.Y/c1-4-21(10-6-9-15(11-21)18(19)23)12-16(22)20-17-13(2)7-5-8-14(17)3;/h5,7-8,15H,4,6,9-12H2,1-3H3,(H2-,19,20,22,23);/p+1. The van der Waals surface area contributed by atoms with Crippen LogP contribution in [0.4, 0.5) is 5.69 Å². The summed E-state index contributed by atoms with van der Waals surface area (Å²) in [5.41, 5.74) is 8.52. The number of para-hydroxylation sites is 1. The molecule has 0 saturated carbocycles. The molecule has 0 bridgehead atoms. The first-order valence-corrected chi connectivity index (χ1v) is 8.37. The molecule has 1 radical (unpaired) electrons. The Morgan fingerprint density at radius 3 is 2.46 bits per heavy atom. The zero-order valence-electron chi connectivity index (χ0n) is 15.0. The molecule has 3 N–H and O–H groups in total. The van der Waals surface area contributed by atoms with Crippen LogP contribution in [0.5, 0.6) is 0 Å². The van der Waals surface area contributed by atoms with Crippen LogP contribution >= 0.6 is 0 Å². The van der Waals surface area contributed by atoms with E-state index in [0.29, 0.717) is 17.6 Å². The Bertz CT molecular complexity index is 586. The van der Waals surface area contributed by atoms with Gasteiger partial charge in [-0.25, -0.2) is 0 Å². The quantitative estimate of drug-likeness (QED) is 0.733. The molecule has 1 fully saturated rings. The van der Waals surface area contributed by atoms with E-state index in [0.717, 1.165) is 42.7 Å². The van der Waals surface area contributed by atoms with Gasteiger partial charge in [0.25, 0.3) is 5.91 Å². The van der Waals surface area contributed by atoms with Gasteiger partial charge in [0.2, 0.25) is 5.91 Å². The van der Waals surface area contributed by atoms with Crippen LogP contribution in [0, 0.1) is 19.8 Å². The van der Waals surface area contributed by atoms with Gasteiger partial charge in [-0.3, -0.25) is 9.59 Å². The number of nitrogens with two attached hydrogens (primary N) is 1. The van der Waals surface area contributed by atoms with Gasteiger partial charge in [-0.15, -0.1) is 0 Å². The number of aryl methyl sites for hydroxylation is 2. The van der Waals surface area contributed by atoms with Crippen molar-refractivity contribution < 1.29 is 46.8 Å². The summed E-state index contributed by atoms with van der Waals surface area (Å²) in [7, 11) is 0. The molecule has 2 amide bonds. The van der Waals surface area contributed by atoms with Crippen LogP contribution in [-0.2, 0) is 42.3 Å². The minimum atomic E-state index is -0.240. The Balaban J connectivity index is 0.00000288. The number of hydrogen-bond donors (Lipinski definition) is 2. The predicted molar refractivity (Wildman–Crippen MR) is 91.9 cm³/mol. The van der Waals surface area contributed by atoms with E-state index in [1.807, 2.05) is 32.0 Å². The molecule has 1 aromatic carbocycles. The van der Waals surface area contributed by atoms with Crippen molar-refractivity contribution in [3.63, 3.8) is 0 Å². The minimum absolute atomic E-state index is 0. The van der Waals surface area contributed by atoms with E-state index in [9.17, 15) is 9.59 Å². The predicted octanol–water partition coefficient (Wildman–Crippen LogP) is 1.97. The van der Waals surface area contributed by atoms with Crippen LogP contribution in [0.25, 0.3) is 0 Å². The summed E-state index contributed by atoms with van der Waals surface area (Å²) >= 11 is 0. The normalized spacial score (nSPS) is 23.2. The molecule has 129 valence electrons. The molecule has 24 heavy (non-hydrogen) atoms. The van der Waals surface area contributed by atoms with Gasteiger partial charge in [-0.2, -0.15) is 0 Å². The second-order valence-corrected chi connectivity index (χ2v) is 6.78. The fourth-order valence-corrected chi connectivity index (χ4v) is 3.59. The average Bonchev–Trinajstić information content (AvgIpc) is 2.51. The van der Waals surface area contributed by atoms with Gasteiger partial charge in [-0.05, 0) is 44.7 Å². The summed E-state index contributed by atoms with van der Waals surface area (Å²) in [6, 6.07) is 5.98. The van der Waals surface area contributed by atoms with Gasteiger partial charge in [0.1, 0.15) is 0 Å². The fourth-order valence-electron chi connectivity index (χ4n) is 3.59. The third kappa shape index (κ3) is 5.11. The summed E-state index contributed by atoms with van der Waals surface area (Å²) in [5, 5.41) is 3.06. The number of likely N-dealkylation sites (N-methyl/N-ethyl adjacent to an activating group) is 1. The molecule has 0 aliphatic carbocycles. The largest absolute Gasteiger partial charge is 0.369 e. The van der Waals surface area contributed by atoms with Crippen LogP contribution in [0.2, 0.25) is 0 Å². The molecule has 0 spiro atoms. The number of benzene rings is 1. The first kappa shape index (κ1) is 21.3. The zero-order chi connectivity index (χ0) is 17.0. The maximum absolute atomic E-state index is 12.6. The van der Waals surface area contributed by atoms with Gasteiger partial charge in [0.05, 0.1) is 25.6 Å². The van der Waals surface area contributed by atoms with E-state index in [1.165, 1.54) is 0 Å². The second kappa shape index (κ2) is 9.07.